The van der Waals surface area contributed by atoms with Gasteiger partial charge in [-0.15, -0.1) is 0 Å². The molecule has 0 fully saturated rings. The minimum absolute atomic E-state index is 0.0698. The Morgan fingerprint density at radius 1 is 1.70 bits per heavy atom. The van der Waals surface area contributed by atoms with Crippen LogP contribution in [0.5, 0.6) is 0 Å². The first-order chi connectivity index (χ1) is 4.75. The molecule has 0 amide bonds. The van der Waals surface area contributed by atoms with Crippen molar-refractivity contribution in [3.63, 3.8) is 0 Å². The number of Topliss-reactive ketones (excluding diaryl/α,β-unsaturated/α-hetero) is 1. The molecule has 0 N–H and O–H groups in total. The van der Waals surface area contributed by atoms with E-state index in [2.05, 4.69) is 22.6 Å². The standard InChI is InChI=1S/C7H7IO2/c1-5(9)7-4-10-3-6(7)2-8/h3-4H,2H2,1H3. The molecule has 0 aliphatic rings. The zero-order valence-corrected chi connectivity index (χ0v) is 7.71. The Kier molecular flexibility index (Phi) is 2.48. The molecule has 0 aromatic carbocycles. The van der Waals surface area contributed by atoms with E-state index in [-0.39, 0.29) is 5.78 Å². The number of ketones is 1. The second kappa shape index (κ2) is 3.18. The molecule has 1 rings (SSSR count). The monoisotopic (exact) mass is 250 g/mol. The minimum atomic E-state index is 0.0698. The van der Waals surface area contributed by atoms with Gasteiger partial charge in [-0.2, -0.15) is 0 Å². The average molecular weight is 250 g/mol. The molecule has 2 nitrogen and oxygen atoms in total. The predicted molar refractivity (Wildman–Crippen MR) is 46.4 cm³/mol. The Labute approximate surface area is 72.7 Å². The van der Waals surface area contributed by atoms with E-state index in [1.807, 2.05) is 0 Å². The van der Waals surface area contributed by atoms with E-state index in [1.54, 1.807) is 13.2 Å². The van der Waals surface area contributed by atoms with Crippen molar-refractivity contribution in [2.75, 3.05) is 0 Å². The van der Waals surface area contributed by atoms with Gasteiger partial charge in [0, 0.05) is 9.99 Å². The number of furan rings is 1. The van der Waals surface area contributed by atoms with Crippen molar-refractivity contribution in [3.05, 3.63) is 23.7 Å². The number of carbonyl (C=O) groups excluding carboxylic acids is 1. The molecule has 10 heavy (non-hydrogen) atoms. The molecule has 0 aliphatic carbocycles. The summed E-state index contributed by atoms with van der Waals surface area (Å²) in [4.78, 5) is 10.8. The first-order valence-corrected chi connectivity index (χ1v) is 4.40. The molecule has 0 unspecified atom stereocenters. The topological polar surface area (TPSA) is 30.2 Å². The van der Waals surface area contributed by atoms with Crippen LogP contribution >= 0.6 is 22.6 Å². The van der Waals surface area contributed by atoms with Crippen LogP contribution in [0.1, 0.15) is 22.8 Å². The van der Waals surface area contributed by atoms with Crippen LogP contribution in [0, 0.1) is 0 Å². The van der Waals surface area contributed by atoms with Gasteiger partial charge in [-0.1, -0.05) is 22.6 Å². The molecule has 0 spiro atoms. The van der Waals surface area contributed by atoms with Crippen molar-refractivity contribution in [1.29, 1.82) is 0 Å². The molecule has 3 heteroatoms. The van der Waals surface area contributed by atoms with Gasteiger partial charge in [-0.25, -0.2) is 0 Å². The SMILES string of the molecule is CC(=O)c1cocc1CI. The number of halogens is 1. The predicted octanol–water partition coefficient (Wildman–Crippen LogP) is 2.42. The second-order valence-electron chi connectivity index (χ2n) is 2.00. The first-order valence-electron chi connectivity index (χ1n) is 2.87. The zero-order valence-electron chi connectivity index (χ0n) is 5.56. The third-order valence-electron chi connectivity index (χ3n) is 1.27. The summed E-state index contributed by atoms with van der Waals surface area (Å²) in [6.07, 6.45) is 3.11. The molecule has 0 saturated heterocycles. The lowest BCUT2D eigenvalue weighted by atomic mass is 10.2. The first kappa shape index (κ1) is 7.78. The van der Waals surface area contributed by atoms with Crippen LogP contribution in [0.4, 0.5) is 0 Å². The number of alkyl halides is 1. The lowest BCUT2D eigenvalue weighted by Crippen LogP contribution is -1.92. The van der Waals surface area contributed by atoms with Crippen molar-refractivity contribution >= 4 is 28.4 Å². The molecule has 0 atom stereocenters. The molecular formula is C7H7IO2. The summed E-state index contributed by atoms with van der Waals surface area (Å²) in [5, 5.41) is 0. The fourth-order valence-corrected chi connectivity index (χ4v) is 1.33. The van der Waals surface area contributed by atoms with E-state index in [0.717, 1.165) is 9.99 Å². The zero-order chi connectivity index (χ0) is 7.56. The lowest BCUT2D eigenvalue weighted by molar-refractivity contribution is 0.101. The largest absolute Gasteiger partial charge is 0.472 e. The van der Waals surface area contributed by atoms with Gasteiger partial charge < -0.3 is 4.42 Å². The number of rotatable bonds is 2. The van der Waals surface area contributed by atoms with Crippen LogP contribution in [-0.2, 0) is 4.43 Å². The Hall–Kier alpha value is -0.320. The van der Waals surface area contributed by atoms with Crippen molar-refractivity contribution < 1.29 is 9.21 Å². The summed E-state index contributed by atoms with van der Waals surface area (Å²) in [6.45, 7) is 1.54. The maximum Gasteiger partial charge on any atom is 0.163 e. The van der Waals surface area contributed by atoms with E-state index in [4.69, 9.17) is 4.42 Å². The van der Waals surface area contributed by atoms with Crippen LogP contribution in [0.25, 0.3) is 0 Å². The van der Waals surface area contributed by atoms with Crippen molar-refractivity contribution in [2.45, 2.75) is 11.4 Å². The van der Waals surface area contributed by atoms with Crippen LogP contribution in [0.15, 0.2) is 16.9 Å². The summed E-state index contributed by atoms with van der Waals surface area (Å²) in [5.41, 5.74) is 1.68. The molecular weight excluding hydrogens is 243 g/mol. The van der Waals surface area contributed by atoms with E-state index >= 15 is 0 Å². The molecule has 0 radical (unpaired) electrons. The summed E-state index contributed by atoms with van der Waals surface area (Å²) < 4.78 is 5.69. The van der Waals surface area contributed by atoms with E-state index in [1.165, 1.54) is 6.26 Å². The maximum atomic E-state index is 10.8. The Bertz CT molecular complexity index is 240. The summed E-state index contributed by atoms with van der Waals surface area (Å²) in [5.74, 6) is 0.0698. The van der Waals surface area contributed by atoms with Crippen LogP contribution in [0.2, 0.25) is 0 Å². The highest BCUT2D eigenvalue weighted by Gasteiger charge is 2.07. The maximum absolute atomic E-state index is 10.8. The van der Waals surface area contributed by atoms with Gasteiger partial charge in [0.2, 0.25) is 0 Å². The average Bonchev–Trinajstić information content (AvgIpc) is 2.33. The smallest absolute Gasteiger partial charge is 0.163 e. The van der Waals surface area contributed by atoms with Gasteiger partial charge in [0.1, 0.15) is 6.26 Å². The second-order valence-corrected chi connectivity index (χ2v) is 2.76. The van der Waals surface area contributed by atoms with Crippen LogP contribution < -0.4 is 0 Å². The third kappa shape index (κ3) is 1.39. The van der Waals surface area contributed by atoms with Crippen LogP contribution in [0.3, 0.4) is 0 Å². The number of carbonyl (C=O) groups is 1. The van der Waals surface area contributed by atoms with E-state index in [0.29, 0.717) is 5.56 Å². The van der Waals surface area contributed by atoms with Gasteiger partial charge in [0.15, 0.2) is 5.78 Å². The molecule has 0 saturated carbocycles. The number of hydrogen-bond acceptors (Lipinski definition) is 2. The van der Waals surface area contributed by atoms with Gasteiger partial charge in [0.25, 0.3) is 0 Å². The van der Waals surface area contributed by atoms with Gasteiger partial charge in [-0.05, 0) is 6.92 Å². The van der Waals surface area contributed by atoms with Crippen LogP contribution in [-0.4, -0.2) is 5.78 Å². The Morgan fingerprint density at radius 2 is 2.40 bits per heavy atom. The Morgan fingerprint density at radius 3 is 2.80 bits per heavy atom. The highest BCUT2D eigenvalue weighted by atomic mass is 127. The third-order valence-corrected chi connectivity index (χ3v) is 2.09. The van der Waals surface area contributed by atoms with Gasteiger partial charge in [-0.3, -0.25) is 4.79 Å². The lowest BCUT2D eigenvalue weighted by Gasteiger charge is -1.89. The minimum Gasteiger partial charge on any atom is -0.472 e. The van der Waals surface area contributed by atoms with E-state index in [9.17, 15) is 4.79 Å². The summed E-state index contributed by atoms with van der Waals surface area (Å²) in [7, 11) is 0. The summed E-state index contributed by atoms with van der Waals surface area (Å²) >= 11 is 2.20. The van der Waals surface area contributed by atoms with E-state index < -0.39 is 0 Å². The van der Waals surface area contributed by atoms with Gasteiger partial charge >= 0.3 is 0 Å². The Balaban J connectivity index is 3.01. The summed E-state index contributed by atoms with van der Waals surface area (Å²) in [6, 6.07) is 0. The molecule has 0 aliphatic heterocycles. The highest BCUT2D eigenvalue weighted by molar-refractivity contribution is 14.1. The molecule has 1 aromatic rings. The fourth-order valence-electron chi connectivity index (χ4n) is 0.736. The molecule has 0 bridgehead atoms. The molecule has 1 aromatic heterocycles. The van der Waals surface area contributed by atoms with Crippen molar-refractivity contribution in [3.8, 4) is 0 Å². The van der Waals surface area contributed by atoms with Crippen molar-refractivity contribution in [2.24, 2.45) is 0 Å². The molecule has 54 valence electrons. The molecule has 1 heterocycles. The van der Waals surface area contributed by atoms with Gasteiger partial charge in [0.05, 0.1) is 11.8 Å². The fraction of sp³-hybridized carbons (Fsp3) is 0.286. The normalized spacial score (nSPS) is 9.80. The quantitative estimate of drug-likeness (QED) is 0.458. The highest BCUT2D eigenvalue weighted by Crippen LogP contribution is 2.14. The number of hydrogen-bond donors (Lipinski definition) is 0. The van der Waals surface area contributed by atoms with Crippen molar-refractivity contribution in [1.82, 2.24) is 0 Å².